The molecular formula is C23H29N3O. The van der Waals surface area contributed by atoms with Crippen molar-refractivity contribution >= 4 is 17.1 Å². The molecule has 4 nitrogen and oxygen atoms in total. The van der Waals surface area contributed by atoms with Crippen LogP contribution in [0.1, 0.15) is 43.4 Å². The molecule has 0 N–H and O–H groups in total. The molecule has 0 saturated carbocycles. The molecule has 0 atom stereocenters. The second-order valence-corrected chi connectivity index (χ2v) is 7.92. The van der Waals surface area contributed by atoms with Crippen LogP contribution in [0, 0.1) is 0 Å². The normalized spacial score (nSPS) is 22.7. The number of benzene rings is 1. The smallest absolute Gasteiger partial charge is 0.167 e. The summed E-state index contributed by atoms with van der Waals surface area (Å²) >= 11 is 0. The minimum Gasteiger partial charge on any atom is -0.302 e. The molecule has 3 aliphatic rings. The van der Waals surface area contributed by atoms with E-state index in [9.17, 15) is 4.79 Å². The van der Waals surface area contributed by atoms with Gasteiger partial charge in [-0.2, -0.15) is 0 Å². The van der Waals surface area contributed by atoms with Crippen LogP contribution in [-0.4, -0.2) is 54.0 Å². The van der Waals surface area contributed by atoms with E-state index in [4.69, 9.17) is 0 Å². The van der Waals surface area contributed by atoms with Crippen molar-refractivity contribution in [2.24, 2.45) is 4.99 Å². The summed E-state index contributed by atoms with van der Waals surface area (Å²) < 4.78 is 0. The molecule has 0 unspecified atom stereocenters. The Morgan fingerprint density at radius 2 is 1.93 bits per heavy atom. The first-order chi connectivity index (χ1) is 13.1. The van der Waals surface area contributed by atoms with Crippen molar-refractivity contribution in [2.75, 3.05) is 32.7 Å². The van der Waals surface area contributed by atoms with Crippen molar-refractivity contribution in [3.8, 4) is 0 Å². The molecule has 1 aromatic rings. The Morgan fingerprint density at radius 1 is 1.11 bits per heavy atom. The molecule has 0 amide bonds. The van der Waals surface area contributed by atoms with Crippen LogP contribution in [0.25, 0.3) is 5.57 Å². The number of carbonyl (C=O) groups excluding carboxylic acids is 1. The van der Waals surface area contributed by atoms with E-state index in [1.807, 2.05) is 13.1 Å². The second kappa shape index (κ2) is 7.91. The van der Waals surface area contributed by atoms with Gasteiger partial charge in [-0.25, -0.2) is 0 Å². The summed E-state index contributed by atoms with van der Waals surface area (Å²) in [6.45, 7) is 10.9. The van der Waals surface area contributed by atoms with E-state index in [-0.39, 0.29) is 5.78 Å². The number of Topliss-reactive ketones (excluding diaryl/α,β-unsaturated/α-hetero) is 1. The lowest BCUT2D eigenvalue weighted by molar-refractivity contribution is -0.112. The molecule has 1 aromatic carbocycles. The highest BCUT2D eigenvalue weighted by atomic mass is 16.1. The number of hydrogen-bond acceptors (Lipinski definition) is 4. The largest absolute Gasteiger partial charge is 0.302 e. The fourth-order valence-electron chi connectivity index (χ4n) is 4.43. The highest BCUT2D eigenvalue weighted by Gasteiger charge is 2.28. The standard InChI is InChI=1S/C23H29N3O/c1-3-25-8-5-9-26(11-10-25)16-20-7-4-6-19-14-22(27)21(23(19)20)13-18-12-17(2)24-15-18/h4,6-7,13,15H,3,5,8-12,14,16H2,1-2H3/b21-13+. The molecule has 4 rings (SSSR count). The van der Waals surface area contributed by atoms with Crippen molar-refractivity contribution in [1.82, 2.24) is 9.80 Å². The van der Waals surface area contributed by atoms with Gasteiger partial charge in [-0.05, 0) is 61.3 Å². The van der Waals surface area contributed by atoms with Crippen molar-refractivity contribution in [1.29, 1.82) is 0 Å². The number of rotatable bonds is 4. The summed E-state index contributed by atoms with van der Waals surface area (Å²) in [5, 5.41) is 0. The molecule has 1 saturated heterocycles. The monoisotopic (exact) mass is 363 g/mol. The Balaban J connectivity index is 1.58. The van der Waals surface area contributed by atoms with Crippen LogP contribution in [0.15, 0.2) is 41.0 Å². The Kier molecular flexibility index (Phi) is 5.37. The first-order valence-electron chi connectivity index (χ1n) is 10.2. The number of carbonyl (C=O) groups is 1. The Bertz CT molecular complexity index is 834. The van der Waals surface area contributed by atoms with Gasteiger partial charge < -0.3 is 4.90 Å². The molecule has 142 valence electrons. The number of ketones is 1. The van der Waals surface area contributed by atoms with E-state index in [0.29, 0.717) is 6.42 Å². The van der Waals surface area contributed by atoms with E-state index in [0.717, 1.165) is 56.0 Å². The Morgan fingerprint density at radius 3 is 2.70 bits per heavy atom. The van der Waals surface area contributed by atoms with Gasteiger partial charge in [0.25, 0.3) is 0 Å². The van der Waals surface area contributed by atoms with Crippen LogP contribution in [0.2, 0.25) is 0 Å². The summed E-state index contributed by atoms with van der Waals surface area (Å²) in [5.41, 5.74) is 6.82. The van der Waals surface area contributed by atoms with Gasteiger partial charge in [0.2, 0.25) is 0 Å². The number of likely N-dealkylation sites (N-methyl/N-ethyl adjacent to an activating group) is 1. The lowest BCUT2D eigenvalue weighted by atomic mass is 9.97. The van der Waals surface area contributed by atoms with Gasteiger partial charge in [0.05, 0.1) is 0 Å². The Labute approximate surface area is 162 Å². The topological polar surface area (TPSA) is 35.9 Å². The lowest BCUT2D eigenvalue weighted by Crippen LogP contribution is -2.30. The fourth-order valence-corrected chi connectivity index (χ4v) is 4.43. The Hall–Kier alpha value is -2.04. The minimum absolute atomic E-state index is 0.246. The van der Waals surface area contributed by atoms with Crippen LogP contribution >= 0.6 is 0 Å². The molecular weight excluding hydrogens is 334 g/mol. The van der Waals surface area contributed by atoms with Gasteiger partial charge >= 0.3 is 0 Å². The van der Waals surface area contributed by atoms with E-state index in [1.165, 1.54) is 29.7 Å². The third-order valence-electron chi connectivity index (χ3n) is 5.92. The summed E-state index contributed by atoms with van der Waals surface area (Å²) in [7, 11) is 0. The molecule has 27 heavy (non-hydrogen) atoms. The number of fused-ring (bicyclic) bond motifs is 1. The molecule has 1 fully saturated rings. The summed E-state index contributed by atoms with van der Waals surface area (Å²) in [4.78, 5) is 22.2. The first-order valence-corrected chi connectivity index (χ1v) is 10.2. The third kappa shape index (κ3) is 3.97. The molecule has 2 aliphatic heterocycles. The maximum Gasteiger partial charge on any atom is 0.167 e. The van der Waals surface area contributed by atoms with Gasteiger partial charge in [0.15, 0.2) is 5.78 Å². The fraction of sp³-hybridized carbons (Fsp3) is 0.478. The molecule has 0 radical (unpaired) electrons. The van der Waals surface area contributed by atoms with Crippen LogP contribution < -0.4 is 0 Å². The van der Waals surface area contributed by atoms with E-state index < -0.39 is 0 Å². The minimum atomic E-state index is 0.246. The van der Waals surface area contributed by atoms with Crippen LogP contribution in [0.4, 0.5) is 0 Å². The zero-order valence-corrected chi connectivity index (χ0v) is 16.5. The molecule has 2 heterocycles. The van der Waals surface area contributed by atoms with Gasteiger partial charge in [0, 0.05) is 50.0 Å². The van der Waals surface area contributed by atoms with Crippen molar-refractivity contribution in [2.45, 2.75) is 39.7 Å². The summed E-state index contributed by atoms with van der Waals surface area (Å²) in [6.07, 6.45) is 6.59. The zero-order valence-electron chi connectivity index (χ0n) is 16.5. The van der Waals surface area contributed by atoms with Gasteiger partial charge in [0.1, 0.15) is 0 Å². The van der Waals surface area contributed by atoms with E-state index >= 15 is 0 Å². The highest BCUT2D eigenvalue weighted by molar-refractivity contribution is 6.26. The summed E-state index contributed by atoms with van der Waals surface area (Å²) in [6, 6.07) is 6.44. The number of hydrogen-bond donors (Lipinski definition) is 0. The quantitative estimate of drug-likeness (QED) is 0.769. The molecule has 1 aliphatic carbocycles. The molecule has 0 bridgehead atoms. The maximum absolute atomic E-state index is 12.7. The van der Waals surface area contributed by atoms with Gasteiger partial charge in [-0.3, -0.25) is 14.7 Å². The van der Waals surface area contributed by atoms with Crippen LogP contribution in [0.3, 0.4) is 0 Å². The van der Waals surface area contributed by atoms with Crippen LogP contribution in [-0.2, 0) is 17.8 Å². The SMILES string of the molecule is CCN1CCCN(Cc2cccc3c2/C(=C/C2=CN=C(C)C2)C(=O)C3)CC1. The average molecular weight is 364 g/mol. The van der Waals surface area contributed by atoms with E-state index in [1.54, 1.807) is 0 Å². The maximum atomic E-state index is 12.7. The molecule has 0 spiro atoms. The molecule has 0 aromatic heterocycles. The third-order valence-corrected chi connectivity index (χ3v) is 5.92. The number of aliphatic imine (C=N–C) groups is 1. The highest BCUT2D eigenvalue weighted by Crippen LogP contribution is 2.35. The first kappa shape index (κ1) is 18.3. The van der Waals surface area contributed by atoms with Gasteiger partial charge in [-0.1, -0.05) is 25.1 Å². The summed E-state index contributed by atoms with van der Waals surface area (Å²) in [5.74, 6) is 0.246. The number of allylic oxidation sites excluding steroid dienone is 3. The van der Waals surface area contributed by atoms with Crippen molar-refractivity contribution < 1.29 is 4.79 Å². The van der Waals surface area contributed by atoms with Crippen molar-refractivity contribution in [3.63, 3.8) is 0 Å². The zero-order chi connectivity index (χ0) is 18.8. The van der Waals surface area contributed by atoms with Crippen LogP contribution in [0.5, 0.6) is 0 Å². The van der Waals surface area contributed by atoms with E-state index in [2.05, 4.69) is 46.0 Å². The predicted octanol–water partition coefficient (Wildman–Crippen LogP) is 3.47. The lowest BCUT2D eigenvalue weighted by Gasteiger charge is -2.22. The predicted molar refractivity (Wildman–Crippen MR) is 111 cm³/mol. The van der Waals surface area contributed by atoms with Gasteiger partial charge in [-0.15, -0.1) is 0 Å². The average Bonchev–Trinajstić information content (AvgIpc) is 3.11. The number of nitrogens with zero attached hydrogens (tertiary/aromatic N) is 3. The second-order valence-electron chi connectivity index (χ2n) is 7.92. The van der Waals surface area contributed by atoms with Crippen molar-refractivity contribution in [3.05, 3.63) is 52.7 Å². The molecule has 4 heteroatoms.